The number of amides is 2. The van der Waals surface area contributed by atoms with E-state index in [1.807, 2.05) is 58.0 Å². The number of aromatic carboxylic acids is 1. The van der Waals surface area contributed by atoms with Crippen molar-refractivity contribution >= 4 is 73.0 Å². The Labute approximate surface area is 267 Å². The van der Waals surface area contributed by atoms with Crippen LogP contribution in [0, 0.1) is 0 Å². The number of aryl methyl sites for hydroxylation is 1. The van der Waals surface area contributed by atoms with E-state index in [4.69, 9.17) is 11.6 Å². The number of anilines is 4. The maximum atomic E-state index is 13.1. The molecule has 6 aromatic rings. The molecule has 0 saturated carbocycles. The lowest BCUT2D eigenvalue weighted by molar-refractivity contribution is 0.0688. The van der Waals surface area contributed by atoms with E-state index < -0.39 is 12.0 Å². The Hall–Kier alpha value is -5.07. The van der Waals surface area contributed by atoms with Gasteiger partial charge in [0.1, 0.15) is 11.6 Å². The molecule has 3 heterocycles. The molecule has 3 aromatic carbocycles. The van der Waals surface area contributed by atoms with Crippen LogP contribution in [-0.2, 0) is 11.8 Å². The Balaban J connectivity index is 1.21. The maximum absolute atomic E-state index is 13.1. The lowest BCUT2D eigenvalue weighted by Crippen LogP contribution is -2.21. The first-order valence-corrected chi connectivity index (χ1v) is 15.3. The van der Waals surface area contributed by atoms with Crippen LogP contribution in [0.15, 0.2) is 66.7 Å². The first-order chi connectivity index (χ1) is 21.4. The number of carboxylic acid groups (broad SMARTS) is 1. The fraction of sp³-hybridized carbons (Fsp3) is 0.188. The molecule has 0 fully saturated rings. The van der Waals surface area contributed by atoms with E-state index in [2.05, 4.69) is 26.0 Å². The van der Waals surface area contributed by atoms with Crippen molar-refractivity contribution in [1.29, 1.82) is 0 Å². The molecule has 0 saturated heterocycles. The standard InChI is InChI=1S/C32H30ClN7O4S/c1-5-22-28(29(42)43)39-23-11-9-19(14-25(23)45-31(39)36-22)34-17-7-6-8-18(13-17)35-30(44)37-27-16-26(32(2,3)4)38-40(27)20-10-12-24(41)21(33)15-20/h6-16,34,41H,5H2,1-4H3,(H,42,43)(H2,35,37,44). The second-order valence-electron chi connectivity index (χ2n) is 11.5. The number of fused-ring (bicyclic) bond motifs is 3. The molecule has 0 bridgehead atoms. The average molecular weight is 644 g/mol. The topological polar surface area (TPSA) is 146 Å². The van der Waals surface area contributed by atoms with Crippen molar-refractivity contribution in [1.82, 2.24) is 19.2 Å². The van der Waals surface area contributed by atoms with Gasteiger partial charge in [0.15, 0.2) is 10.7 Å². The number of phenolic OH excluding ortho intramolecular Hbond substituents is 1. The van der Waals surface area contributed by atoms with E-state index in [0.717, 1.165) is 27.3 Å². The highest BCUT2D eigenvalue weighted by molar-refractivity contribution is 7.23. The number of benzene rings is 3. The number of hydrogen-bond donors (Lipinski definition) is 5. The zero-order valence-corrected chi connectivity index (χ0v) is 26.4. The van der Waals surface area contributed by atoms with Gasteiger partial charge in [-0.25, -0.2) is 19.3 Å². The van der Waals surface area contributed by atoms with E-state index >= 15 is 0 Å². The first kappa shape index (κ1) is 30.0. The Bertz CT molecular complexity index is 2110. The quantitative estimate of drug-likeness (QED) is 0.118. The zero-order chi connectivity index (χ0) is 32.0. The van der Waals surface area contributed by atoms with Crippen LogP contribution in [0.1, 0.15) is 49.6 Å². The van der Waals surface area contributed by atoms with Crippen LogP contribution in [0.3, 0.4) is 0 Å². The summed E-state index contributed by atoms with van der Waals surface area (Å²) in [5.74, 6) is -0.618. The number of imidazole rings is 1. The number of halogens is 1. The number of aromatic hydroxyl groups is 1. The largest absolute Gasteiger partial charge is 0.506 e. The number of aromatic nitrogens is 4. The fourth-order valence-corrected chi connectivity index (χ4v) is 6.20. The van der Waals surface area contributed by atoms with Gasteiger partial charge in [0.2, 0.25) is 0 Å². The van der Waals surface area contributed by atoms with E-state index in [9.17, 15) is 19.8 Å². The Morgan fingerprint density at radius 2 is 1.73 bits per heavy atom. The Morgan fingerprint density at radius 3 is 2.44 bits per heavy atom. The van der Waals surface area contributed by atoms with Crippen LogP contribution in [0.2, 0.25) is 5.02 Å². The number of thiazole rings is 1. The molecule has 2 amide bonds. The Kier molecular flexibility index (Phi) is 7.63. The first-order valence-electron chi connectivity index (χ1n) is 14.1. The molecule has 0 unspecified atom stereocenters. The van der Waals surface area contributed by atoms with Crippen molar-refractivity contribution < 1.29 is 19.8 Å². The second kappa shape index (κ2) is 11.5. The molecule has 0 aliphatic heterocycles. The number of hydrogen-bond acceptors (Lipinski definition) is 7. The predicted molar refractivity (Wildman–Crippen MR) is 178 cm³/mol. The highest BCUT2D eigenvalue weighted by Gasteiger charge is 2.23. The third-order valence-corrected chi connectivity index (χ3v) is 8.47. The predicted octanol–water partition coefficient (Wildman–Crippen LogP) is 8.04. The Morgan fingerprint density at radius 1 is 0.978 bits per heavy atom. The molecule has 3 aromatic heterocycles. The summed E-state index contributed by atoms with van der Waals surface area (Å²) >= 11 is 7.57. The smallest absolute Gasteiger partial charge is 0.354 e. The molecule has 45 heavy (non-hydrogen) atoms. The van der Waals surface area contributed by atoms with Gasteiger partial charge in [-0.15, -0.1) is 0 Å². The van der Waals surface area contributed by atoms with Crippen LogP contribution in [0.4, 0.5) is 27.7 Å². The molecular weight excluding hydrogens is 614 g/mol. The molecule has 0 aliphatic rings. The average Bonchev–Trinajstić information content (AvgIpc) is 3.66. The van der Waals surface area contributed by atoms with Gasteiger partial charge in [0.25, 0.3) is 0 Å². The number of carbonyl (C=O) groups is 2. The second-order valence-corrected chi connectivity index (χ2v) is 12.9. The van der Waals surface area contributed by atoms with Gasteiger partial charge < -0.3 is 20.8 Å². The molecule has 5 N–H and O–H groups in total. The highest BCUT2D eigenvalue weighted by atomic mass is 35.5. The monoisotopic (exact) mass is 643 g/mol. The molecule has 0 radical (unpaired) electrons. The number of carboxylic acids is 1. The molecule has 11 nitrogen and oxygen atoms in total. The number of rotatable bonds is 7. The van der Waals surface area contributed by atoms with Crippen LogP contribution < -0.4 is 16.0 Å². The van der Waals surface area contributed by atoms with Crippen molar-refractivity contribution in [2.75, 3.05) is 16.0 Å². The molecule has 0 atom stereocenters. The number of nitrogens with one attached hydrogen (secondary N) is 3. The third-order valence-electron chi connectivity index (χ3n) is 7.16. The van der Waals surface area contributed by atoms with Crippen LogP contribution in [-0.4, -0.2) is 41.4 Å². The molecule has 0 aliphatic carbocycles. The van der Waals surface area contributed by atoms with E-state index in [0.29, 0.717) is 34.3 Å². The lowest BCUT2D eigenvalue weighted by Gasteiger charge is -2.14. The van der Waals surface area contributed by atoms with Gasteiger partial charge in [-0.2, -0.15) is 5.10 Å². The van der Waals surface area contributed by atoms with Gasteiger partial charge in [-0.1, -0.05) is 56.7 Å². The molecule has 13 heteroatoms. The summed E-state index contributed by atoms with van der Waals surface area (Å²) in [7, 11) is 0. The van der Waals surface area contributed by atoms with Gasteiger partial charge in [0.05, 0.1) is 32.3 Å². The summed E-state index contributed by atoms with van der Waals surface area (Å²) in [4.78, 5) is 30.3. The minimum atomic E-state index is -1.00. The van der Waals surface area contributed by atoms with Crippen molar-refractivity contribution in [2.24, 2.45) is 0 Å². The minimum Gasteiger partial charge on any atom is -0.506 e. The molecule has 0 spiro atoms. The summed E-state index contributed by atoms with van der Waals surface area (Å²) in [5.41, 5.74) is 4.69. The van der Waals surface area contributed by atoms with Gasteiger partial charge >= 0.3 is 12.0 Å². The minimum absolute atomic E-state index is 0.0483. The van der Waals surface area contributed by atoms with E-state index in [-0.39, 0.29) is 21.9 Å². The maximum Gasteiger partial charge on any atom is 0.354 e. The zero-order valence-electron chi connectivity index (χ0n) is 24.8. The van der Waals surface area contributed by atoms with E-state index in [1.165, 1.54) is 17.4 Å². The SMILES string of the molecule is CCc1nc2sc3cc(Nc4cccc(NC(=O)Nc5cc(C(C)(C)C)nn5-c5ccc(O)c(Cl)c5)c4)ccc3n2c1C(=O)O. The summed E-state index contributed by atoms with van der Waals surface area (Å²) in [6.07, 6.45) is 0.536. The van der Waals surface area contributed by atoms with Crippen LogP contribution >= 0.6 is 22.9 Å². The number of nitrogens with zero attached hydrogens (tertiary/aromatic N) is 4. The van der Waals surface area contributed by atoms with E-state index in [1.54, 1.807) is 39.4 Å². The molecule has 6 rings (SSSR count). The summed E-state index contributed by atoms with van der Waals surface area (Å²) < 4.78 is 4.16. The van der Waals surface area contributed by atoms with Crippen molar-refractivity contribution in [3.05, 3.63) is 88.8 Å². The van der Waals surface area contributed by atoms with Crippen molar-refractivity contribution in [3.8, 4) is 11.4 Å². The van der Waals surface area contributed by atoms with Crippen molar-refractivity contribution in [3.63, 3.8) is 0 Å². The van der Waals surface area contributed by atoms with Crippen molar-refractivity contribution in [2.45, 2.75) is 39.5 Å². The lowest BCUT2D eigenvalue weighted by atomic mass is 9.92. The van der Waals surface area contributed by atoms with Gasteiger partial charge in [-0.3, -0.25) is 9.72 Å². The number of carbonyl (C=O) groups excluding carboxylic acids is 1. The normalized spacial score (nSPS) is 11.7. The van der Waals surface area contributed by atoms with Gasteiger partial charge in [-0.05, 0) is 61.0 Å². The number of urea groups is 1. The van der Waals surface area contributed by atoms with Gasteiger partial charge in [0, 0.05) is 28.5 Å². The van der Waals surface area contributed by atoms with Crippen LogP contribution in [0.5, 0.6) is 5.75 Å². The third kappa shape index (κ3) is 5.89. The summed E-state index contributed by atoms with van der Waals surface area (Å²) in [6, 6.07) is 19.0. The molecular formula is C32H30ClN7O4S. The molecule has 230 valence electrons. The summed E-state index contributed by atoms with van der Waals surface area (Å²) in [6.45, 7) is 7.96. The summed E-state index contributed by atoms with van der Waals surface area (Å²) in [5, 5.41) is 33.6. The number of phenols is 1. The highest BCUT2D eigenvalue weighted by Crippen LogP contribution is 2.33. The van der Waals surface area contributed by atoms with Crippen LogP contribution in [0.25, 0.3) is 20.9 Å². The fourth-order valence-electron chi connectivity index (χ4n) is 4.94.